The third-order valence-electron chi connectivity index (χ3n) is 5.10. The van der Waals surface area contributed by atoms with Crippen LogP contribution in [-0.4, -0.2) is 45.2 Å². The number of furan rings is 1. The monoisotopic (exact) mass is 467 g/mol. The summed E-state index contributed by atoms with van der Waals surface area (Å²) in [6.45, 7) is 6.22. The fourth-order valence-electron chi connectivity index (χ4n) is 3.62. The molecule has 172 valence electrons. The molecule has 1 aliphatic heterocycles. The van der Waals surface area contributed by atoms with Gasteiger partial charge < -0.3 is 19.8 Å². The van der Waals surface area contributed by atoms with E-state index in [2.05, 4.69) is 20.8 Å². The molecule has 0 aliphatic carbocycles. The van der Waals surface area contributed by atoms with Crippen LogP contribution in [0.4, 0.5) is 4.79 Å². The number of carbonyl (C=O) groups is 2. The number of aryl methyl sites for hydroxylation is 1. The van der Waals surface area contributed by atoms with E-state index in [0.29, 0.717) is 34.5 Å². The lowest BCUT2D eigenvalue weighted by atomic mass is 10.1. The van der Waals surface area contributed by atoms with Gasteiger partial charge in [-0.25, -0.2) is 9.59 Å². The number of aromatic nitrogens is 3. The summed E-state index contributed by atoms with van der Waals surface area (Å²) < 4.78 is 12.7. The van der Waals surface area contributed by atoms with E-state index in [9.17, 15) is 9.59 Å². The number of carbonyl (C=O) groups excluding carboxylic acids is 2. The summed E-state index contributed by atoms with van der Waals surface area (Å²) in [5, 5.41) is 14.9. The van der Waals surface area contributed by atoms with E-state index in [1.165, 1.54) is 11.8 Å². The van der Waals surface area contributed by atoms with Crippen LogP contribution in [0.3, 0.4) is 0 Å². The topological polar surface area (TPSA) is 111 Å². The lowest BCUT2D eigenvalue weighted by molar-refractivity contribution is -0.138. The maximum Gasteiger partial charge on any atom is 0.337 e. The van der Waals surface area contributed by atoms with Crippen LogP contribution in [0, 0.1) is 6.92 Å². The second-order valence-electron chi connectivity index (χ2n) is 7.56. The number of rotatable bonds is 8. The highest BCUT2D eigenvalue weighted by Gasteiger charge is 2.30. The molecule has 1 atom stereocenters. The summed E-state index contributed by atoms with van der Waals surface area (Å²) in [6, 6.07) is 10.9. The summed E-state index contributed by atoms with van der Waals surface area (Å²) in [7, 11) is 0. The maximum absolute atomic E-state index is 12.5. The normalized spacial score (nSPS) is 15.8. The van der Waals surface area contributed by atoms with Crippen molar-refractivity contribution in [1.82, 2.24) is 25.4 Å². The summed E-state index contributed by atoms with van der Waals surface area (Å²) in [5.41, 5.74) is 2.96. The third kappa shape index (κ3) is 5.11. The van der Waals surface area contributed by atoms with Crippen LogP contribution < -0.4 is 10.6 Å². The van der Waals surface area contributed by atoms with Crippen molar-refractivity contribution in [3.8, 4) is 11.4 Å². The first-order valence-corrected chi connectivity index (χ1v) is 11.6. The maximum atomic E-state index is 12.5. The molecule has 10 heteroatoms. The summed E-state index contributed by atoms with van der Waals surface area (Å²) >= 11 is 1.38. The quantitative estimate of drug-likeness (QED) is 0.385. The molecule has 0 saturated carbocycles. The van der Waals surface area contributed by atoms with Crippen molar-refractivity contribution in [1.29, 1.82) is 0 Å². The fraction of sp³-hybridized carbons (Fsp3) is 0.304. The Bertz CT molecular complexity index is 1190. The van der Waals surface area contributed by atoms with E-state index < -0.39 is 12.0 Å². The summed E-state index contributed by atoms with van der Waals surface area (Å²) in [4.78, 5) is 24.6. The zero-order valence-electron chi connectivity index (χ0n) is 18.6. The Morgan fingerprint density at radius 2 is 2.12 bits per heavy atom. The number of urea groups is 1. The van der Waals surface area contributed by atoms with Crippen LogP contribution in [0.5, 0.6) is 0 Å². The molecule has 0 spiro atoms. The molecule has 0 bridgehead atoms. The second kappa shape index (κ2) is 9.95. The second-order valence-corrected chi connectivity index (χ2v) is 8.51. The highest BCUT2D eigenvalue weighted by atomic mass is 32.2. The van der Waals surface area contributed by atoms with Crippen molar-refractivity contribution in [2.24, 2.45) is 0 Å². The predicted molar refractivity (Wildman–Crippen MR) is 124 cm³/mol. The Morgan fingerprint density at radius 1 is 1.27 bits per heavy atom. The minimum atomic E-state index is -0.461. The van der Waals surface area contributed by atoms with Gasteiger partial charge in [-0.15, -0.1) is 10.2 Å². The number of amides is 2. The lowest BCUT2D eigenvalue weighted by Crippen LogP contribution is -2.49. The average Bonchev–Trinajstić information content (AvgIpc) is 3.42. The van der Waals surface area contributed by atoms with Crippen LogP contribution in [0.1, 0.15) is 25.2 Å². The first-order valence-electron chi connectivity index (χ1n) is 10.6. The molecule has 2 N–H and O–H groups in total. The van der Waals surface area contributed by atoms with Gasteiger partial charge in [0.25, 0.3) is 0 Å². The molecule has 0 fully saturated rings. The van der Waals surface area contributed by atoms with Gasteiger partial charge in [0.15, 0.2) is 11.0 Å². The Hall–Kier alpha value is -3.53. The highest BCUT2D eigenvalue weighted by Crippen LogP contribution is 2.28. The lowest BCUT2D eigenvalue weighted by Gasteiger charge is -2.26. The SMILES string of the molecule is CCOC(=O)C1=C(CSc2nnc(-c3cccc(C)c3)n2Cc2ccco2)NC(=O)N[C@H]1C. The Labute approximate surface area is 195 Å². The van der Waals surface area contributed by atoms with E-state index in [4.69, 9.17) is 9.15 Å². The zero-order valence-corrected chi connectivity index (χ0v) is 19.4. The third-order valence-corrected chi connectivity index (χ3v) is 6.09. The van der Waals surface area contributed by atoms with Gasteiger partial charge in [0, 0.05) is 17.0 Å². The first-order chi connectivity index (χ1) is 16.0. The molecule has 3 aromatic rings. The van der Waals surface area contributed by atoms with Crippen molar-refractivity contribution >= 4 is 23.8 Å². The molecule has 4 rings (SSSR count). The molecule has 9 nitrogen and oxygen atoms in total. The number of hydrogen-bond acceptors (Lipinski definition) is 7. The van der Waals surface area contributed by atoms with Crippen LogP contribution >= 0.6 is 11.8 Å². The predicted octanol–water partition coefficient (Wildman–Crippen LogP) is 3.51. The number of benzene rings is 1. The van der Waals surface area contributed by atoms with Crippen molar-refractivity contribution in [2.45, 2.75) is 38.5 Å². The highest BCUT2D eigenvalue weighted by molar-refractivity contribution is 7.99. The molecule has 2 amide bonds. The minimum Gasteiger partial charge on any atom is -0.467 e. The molecule has 1 aromatic carbocycles. The van der Waals surface area contributed by atoms with Crippen LogP contribution in [-0.2, 0) is 16.1 Å². The molecule has 1 aliphatic rings. The van der Waals surface area contributed by atoms with E-state index in [1.807, 2.05) is 47.9 Å². The van der Waals surface area contributed by atoms with Gasteiger partial charge in [0.1, 0.15) is 5.76 Å². The van der Waals surface area contributed by atoms with Crippen LogP contribution in [0.25, 0.3) is 11.4 Å². The minimum absolute atomic E-state index is 0.251. The molecule has 0 unspecified atom stereocenters. The number of nitrogens with one attached hydrogen (secondary N) is 2. The van der Waals surface area contributed by atoms with Gasteiger partial charge >= 0.3 is 12.0 Å². The zero-order chi connectivity index (χ0) is 23.4. The molecular formula is C23H25N5O4S. The van der Waals surface area contributed by atoms with Gasteiger partial charge in [0.05, 0.1) is 31.0 Å². The summed E-state index contributed by atoms with van der Waals surface area (Å²) in [6.07, 6.45) is 1.63. The van der Waals surface area contributed by atoms with Gasteiger partial charge in [-0.3, -0.25) is 4.57 Å². The largest absolute Gasteiger partial charge is 0.467 e. The Morgan fingerprint density at radius 3 is 2.85 bits per heavy atom. The smallest absolute Gasteiger partial charge is 0.337 e. The first kappa shape index (κ1) is 22.7. The molecule has 33 heavy (non-hydrogen) atoms. The molecular weight excluding hydrogens is 442 g/mol. The van der Waals surface area contributed by atoms with Crippen molar-refractivity contribution in [2.75, 3.05) is 12.4 Å². The standard InChI is InChI=1S/C23H25N5O4S/c1-4-31-21(29)19-15(3)24-22(30)25-18(19)13-33-23-27-26-20(16-8-5-7-14(2)11-16)28(23)12-17-9-6-10-32-17/h5-11,15H,4,12-13H2,1-3H3,(H2,24,25,30)/t15-/m0/s1. The van der Waals surface area contributed by atoms with Crippen LogP contribution in [0.15, 0.2) is 63.5 Å². The van der Waals surface area contributed by atoms with E-state index in [-0.39, 0.29) is 12.6 Å². The number of esters is 1. The van der Waals surface area contributed by atoms with Gasteiger partial charge in [0.2, 0.25) is 0 Å². The van der Waals surface area contributed by atoms with E-state index in [1.54, 1.807) is 20.1 Å². The number of thioether (sulfide) groups is 1. The van der Waals surface area contributed by atoms with Crippen LogP contribution in [0.2, 0.25) is 0 Å². The van der Waals surface area contributed by atoms with Gasteiger partial charge in [-0.2, -0.15) is 0 Å². The molecule has 0 radical (unpaired) electrons. The Kier molecular flexibility index (Phi) is 6.83. The number of nitrogens with zero attached hydrogens (tertiary/aromatic N) is 3. The fourth-order valence-corrected chi connectivity index (χ4v) is 4.53. The van der Waals surface area contributed by atoms with Gasteiger partial charge in [-0.1, -0.05) is 35.5 Å². The van der Waals surface area contributed by atoms with E-state index >= 15 is 0 Å². The molecule has 2 aromatic heterocycles. The average molecular weight is 468 g/mol. The molecule has 3 heterocycles. The number of hydrogen-bond donors (Lipinski definition) is 2. The summed E-state index contributed by atoms with van der Waals surface area (Å²) in [5.74, 6) is 1.34. The van der Waals surface area contributed by atoms with Gasteiger partial charge in [-0.05, 0) is 39.0 Å². The number of ether oxygens (including phenoxy) is 1. The van der Waals surface area contributed by atoms with Crippen molar-refractivity contribution in [3.05, 3.63) is 65.3 Å². The van der Waals surface area contributed by atoms with Crippen molar-refractivity contribution in [3.63, 3.8) is 0 Å². The molecule has 0 saturated heterocycles. The Balaban J connectivity index is 1.66. The van der Waals surface area contributed by atoms with E-state index in [0.717, 1.165) is 16.9 Å². The van der Waals surface area contributed by atoms with Crippen molar-refractivity contribution < 1.29 is 18.7 Å².